The van der Waals surface area contributed by atoms with Crippen LogP contribution in [-0.4, -0.2) is 22.8 Å². The molecule has 0 radical (unpaired) electrons. The average Bonchev–Trinajstić information content (AvgIpc) is 2.52. The lowest BCUT2D eigenvalue weighted by molar-refractivity contribution is 0.103. The van der Waals surface area contributed by atoms with E-state index in [9.17, 15) is 9.90 Å². The number of rotatable bonds is 6. The van der Waals surface area contributed by atoms with Crippen molar-refractivity contribution in [1.82, 2.24) is 0 Å². The fraction of sp³-hybridized carbons (Fsp3) is 0.118. The van der Waals surface area contributed by atoms with Crippen molar-refractivity contribution in [3.8, 4) is 11.5 Å². The van der Waals surface area contributed by atoms with Gasteiger partial charge in [-0.25, -0.2) is 0 Å². The van der Waals surface area contributed by atoms with E-state index < -0.39 is 0 Å². The zero-order valence-electron chi connectivity index (χ0n) is 11.6. The van der Waals surface area contributed by atoms with Crippen molar-refractivity contribution in [3.63, 3.8) is 0 Å². The number of carbonyl (C=O) groups excluding carboxylic acids is 1. The monoisotopic (exact) mass is 424 g/mol. The summed E-state index contributed by atoms with van der Waals surface area (Å²) >= 11 is 6.60. The Kier molecular flexibility index (Phi) is 6.21. The van der Waals surface area contributed by atoms with Gasteiger partial charge >= 0.3 is 0 Å². The number of ketones is 1. The summed E-state index contributed by atoms with van der Waals surface area (Å²) in [6, 6.07) is 11.7. The van der Waals surface area contributed by atoms with Gasteiger partial charge in [0.15, 0.2) is 5.78 Å². The Bertz CT molecular complexity index is 679. The highest BCUT2D eigenvalue weighted by molar-refractivity contribution is 9.10. The van der Waals surface area contributed by atoms with Crippen molar-refractivity contribution in [3.05, 3.63) is 70.2 Å². The van der Waals surface area contributed by atoms with Crippen LogP contribution in [0, 0.1) is 0 Å². The van der Waals surface area contributed by atoms with Gasteiger partial charge in [-0.05, 0) is 36.4 Å². The maximum atomic E-state index is 12.4. The van der Waals surface area contributed by atoms with Gasteiger partial charge in [0.25, 0.3) is 0 Å². The van der Waals surface area contributed by atoms with Crippen molar-refractivity contribution >= 4 is 37.6 Å². The molecule has 0 bridgehead atoms. The zero-order valence-corrected chi connectivity index (χ0v) is 14.8. The molecule has 0 heterocycles. The van der Waals surface area contributed by atoms with E-state index in [1.165, 1.54) is 6.07 Å². The van der Waals surface area contributed by atoms with Crippen molar-refractivity contribution in [1.29, 1.82) is 0 Å². The van der Waals surface area contributed by atoms with E-state index in [0.717, 1.165) is 9.80 Å². The number of aromatic hydroxyl groups is 1. The molecule has 1 N–H and O–H groups in total. The number of carbonyl (C=O) groups is 1. The molecule has 0 saturated carbocycles. The van der Waals surface area contributed by atoms with Crippen LogP contribution in [0.15, 0.2) is 59.1 Å². The molecule has 5 heteroatoms. The fourth-order valence-electron chi connectivity index (χ4n) is 1.83. The molecule has 0 aromatic heterocycles. The molecule has 0 atom stereocenters. The smallest absolute Gasteiger partial charge is 0.196 e. The Morgan fingerprint density at radius 1 is 1.14 bits per heavy atom. The largest absolute Gasteiger partial charge is 0.507 e. The van der Waals surface area contributed by atoms with Gasteiger partial charge in [0.1, 0.15) is 18.1 Å². The second-order valence-corrected chi connectivity index (χ2v) is 6.01. The first-order valence-corrected chi connectivity index (χ1v) is 8.50. The van der Waals surface area contributed by atoms with Crippen LogP contribution in [0.5, 0.6) is 11.5 Å². The summed E-state index contributed by atoms with van der Waals surface area (Å²) in [6.45, 7) is 0.408. The second-order valence-electron chi connectivity index (χ2n) is 4.45. The first kappa shape index (κ1) is 16.8. The van der Waals surface area contributed by atoms with Crippen molar-refractivity contribution in [2.45, 2.75) is 0 Å². The first-order valence-electron chi connectivity index (χ1n) is 6.59. The Labute approximate surface area is 145 Å². The van der Waals surface area contributed by atoms with E-state index in [0.29, 0.717) is 17.9 Å². The molecular formula is C17H14Br2O3. The molecule has 2 rings (SSSR count). The summed E-state index contributed by atoms with van der Waals surface area (Å²) in [5.41, 5.74) is 0.776. The maximum Gasteiger partial charge on any atom is 0.196 e. The lowest BCUT2D eigenvalue weighted by Gasteiger charge is -2.08. The van der Waals surface area contributed by atoms with Crippen LogP contribution in [0.4, 0.5) is 0 Å². The highest BCUT2D eigenvalue weighted by atomic mass is 79.9. The number of ether oxygens (including phenoxy) is 1. The van der Waals surface area contributed by atoms with E-state index >= 15 is 0 Å². The molecule has 114 valence electrons. The summed E-state index contributed by atoms with van der Waals surface area (Å²) < 4.78 is 6.36. The van der Waals surface area contributed by atoms with Crippen molar-refractivity contribution in [2.24, 2.45) is 0 Å². The molecule has 3 nitrogen and oxygen atoms in total. The van der Waals surface area contributed by atoms with Gasteiger partial charge in [0.2, 0.25) is 0 Å². The Morgan fingerprint density at radius 3 is 2.50 bits per heavy atom. The normalized spacial score (nSPS) is 10.8. The molecule has 0 aliphatic rings. The summed E-state index contributed by atoms with van der Waals surface area (Å²) in [5, 5.41) is 10.8. The summed E-state index contributed by atoms with van der Waals surface area (Å²) in [6.07, 6.45) is 3.79. The van der Waals surface area contributed by atoms with Gasteiger partial charge < -0.3 is 9.84 Å². The number of benzene rings is 2. The van der Waals surface area contributed by atoms with Gasteiger partial charge in [-0.1, -0.05) is 44.0 Å². The summed E-state index contributed by atoms with van der Waals surface area (Å²) in [4.78, 5) is 12.4. The maximum absolute atomic E-state index is 12.4. The van der Waals surface area contributed by atoms with E-state index in [1.807, 2.05) is 12.2 Å². The Morgan fingerprint density at radius 2 is 1.86 bits per heavy atom. The van der Waals surface area contributed by atoms with Gasteiger partial charge in [-0.15, -0.1) is 0 Å². The molecule has 0 amide bonds. The number of allylic oxidation sites excluding steroid dienone is 1. The molecule has 0 saturated heterocycles. The SMILES string of the molecule is O=C(c1ccc(Br)cc1)c1ccc(OC/C=C/CBr)cc1O. The molecule has 22 heavy (non-hydrogen) atoms. The lowest BCUT2D eigenvalue weighted by atomic mass is 10.0. The van der Waals surface area contributed by atoms with Crippen LogP contribution in [-0.2, 0) is 0 Å². The third-order valence-corrected chi connectivity index (χ3v) is 3.82. The minimum absolute atomic E-state index is 0.0881. The van der Waals surface area contributed by atoms with Crippen LogP contribution in [0.3, 0.4) is 0 Å². The van der Waals surface area contributed by atoms with Crippen LogP contribution in [0.25, 0.3) is 0 Å². The summed E-state index contributed by atoms with van der Waals surface area (Å²) in [5.74, 6) is 0.203. The molecule has 0 aliphatic heterocycles. The molecular weight excluding hydrogens is 412 g/mol. The number of phenolic OH excluding ortho intramolecular Hbond substituents is 1. The van der Waals surface area contributed by atoms with E-state index in [4.69, 9.17) is 4.74 Å². The number of phenols is 1. The number of hydrogen-bond acceptors (Lipinski definition) is 3. The Balaban J connectivity index is 2.13. The molecule has 0 aliphatic carbocycles. The molecule has 2 aromatic rings. The molecule has 0 spiro atoms. The quantitative estimate of drug-likeness (QED) is 0.414. The van der Waals surface area contributed by atoms with Crippen LogP contribution in [0.2, 0.25) is 0 Å². The van der Waals surface area contributed by atoms with Crippen molar-refractivity contribution < 1.29 is 14.6 Å². The van der Waals surface area contributed by atoms with E-state index in [-0.39, 0.29) is 17.1 Å². The van der Waals surface area contributed by atoms with Gasteiger partial charge in [-0.2, -0.15) is 0 Å². The Hall–Kier alpha value is -1.59. The lowest BCUT2D eigenvalue weighted by Crippen LogP contribution is -2.02. The third-order valence-electron chi connectivity index (χ3n) is 2.92. The molecule has 2 aromatic carbocycles. The fourth-order valence-corrected chi connectivity index (χ4v) is 2.35. The van der Waals surface area contributed by atoms with Crippen LogP contribution >= 0.6 is 31.9 Å². The number of halogens is 2. The molecule has 0 unspecified atom stereocenters. The third kappa shape index (κ3) is 4.45. The van der Waals surface area contributed by atoms with Gasteiger partial charge in [-0.3, -0.25) is 4.79 Å². The van der Waals surface area contributed by atoms with Gasteiger partial charge in [0.05, 0.1) is 5.56 Å². The average molecular weight is 426 g/mol. The van der Waals surface area contributed by atoms with Gasteiger partial charge in [0, 0.05) is 21.4 Å². The van der Waals surface area contributed by atoms with E-state index in [2.05, 4.69) is 31.9 Å². The number of hydrogen-bond donors (Lipinski definition) is 1. The topological polar surface area (TPSA) is 46.5 Å². The van der Waals surface area contributed by atoms with E-state index in [1.54, 1.807) is 36.4 Å². The zero-order chi connectivity index (χ0) is 15.9. The second kappa shape index (κ2) is 8.15. The minimum atomic E-state index is -0.226. The van der Waals surface area contributed by atoms with Crippen molar-refractivity contribution in [2.75, 3.05) is 11.9 Å². The summed E-state index contributed by atoms with van der Waals surface area (Å²) in [7, 11) is 0. The van der Waals surface area contributed by atoms with Crippen LogP contribution < -0.4 is 4.74 Å². The molecule has 0 fully saturated rings. The predicted molar refractivity (Wildman–Crippen MR) is 94.1 cm³/mol. The van der Waals surface area contributed by atoms with Crippen LogP contribution in [0.1, 0.15) is 15.9 Å². The highest BCUT2D eigenvalue weighted by Gasteiger charge is 2.14. The minimum Gasteiger partial charge on any atom is -0.507 e. The number of alkyl halides is 1. The predicted octanol–water partition coefficient (Wildman–Crippen LogP) is 4.72. The standard InChI is InChI=1S/C17H14Br2O3/c18-9-1-2-10-22-14-7-8-15(16(20)11-14)17(21)12-3-5-13(19)6-4-12/h1-8,11,20H,9-10H2/b2-1+. The first-order chi connectivity index (χ1) is 10.6. The highest BCUT2D eigenvalue weighted by Crippen LogP contribution is 2.26.